The first-order chi connectivity index (χ1) is 13.9. The van der Waals surface area contributed by atoms with Crippen molar-refractivity contribution in [2.45, 2.75) is 12.1 Å². The SMILES string of the molecule is CN1C(=O)[C@@H]2[C@H](C1=O)[C@@H]1C(=O)Nc3ccccc3C(=O)N1[C@@H]2c1ccc(Br)cc1. The Hall–Kier alpha value is -3.00. The highest BCUT2D eigenvalue weighted by atomic mass is 79.9. The number of nitrogens with zero attached hydrogens (tertiary/aromatic N) is 2. The molecule has 146 valence electrons. The number of carbonyl (C=O) groups excluding carboxylic acids is 4. The van der Waals surface area contributed by atoms with E-state index in [1.165, 1.54) is 11.9 Å². The van der Waals surface area contributed by atoms with Crippen LogP contribution in [0.15, 0.2) is 53.0 Å². The van der Waals surface area contributed by atoms with Crippen LogP contribution in [0.4, 0.5) is 5.69 Å². The van der Waals surface area contributed by atoms with E-state index in [9.17, 15) is 19.2 Å². The number of para-hydroxylation sites is 1. The van der Waals surface area contributed by atoms with Crippen molar-refractivity contribution in [3.05, 3.63) is 64.1 Å². The predicted octanol–water partition coefficient (Wildman–Crippen LogP) is 2.20. The Kier molecular flexibility index (Phi) is 3.89. The summed E-state index contributed by atoms with van der Waals surface area (Å²) in [6.45, 7) is 0. The number of rotatable bonds is 1. The highest BCUT2D eigenvalue weighted by Gasteiger charge is 2.65. The molecule has 0 spiro atoms. The summed E-state index contributed by atoms with van der Waals surface area (Å²) < 4.78 is 0.851. The second-order valence-corrected chi connectivity index (χ2v) is 8.39. The molecule has 0 unspecified atom stereocenters. The predicted molar refractivity (Wildman–Crippen MR) is 107 cm³/mol. The lowest BCUT2D eigenvalue weighted by atomic mass is 9.86. The molecule has 4 amide bonds. The summed E-state index contributed by atoms with van der Waals surface area (Å²) in [6.07, 6.45) is 0. The molecular formula is C21H16BrN3O4. The minimum absolute atomic E-state index is 0.346. The maximum absolute atomic E-state index is 13.5. The molecule has 2 aromatic rings. The van der Waals surface area contributed by atoms with Crippen molar-refractivity contribution in [3.63, 3.8) is 0 Å². The van der Waals surface area contributed by atoms with E-state index in [1.807, 2.05) is 24.3 Å². The van der Waals surface area contributed by atoms with Gasteiger partial charge >= 0.3 is 0 Å². The lowest BCUT2D eigenvalue weighted by Gasteiger charge is -2.31. The minimum atomic E-state index is -1.05. The van der Waals surface area contributed by atoms with Gasteiger partial charge in [0.2, 0.25) is 17.7 Å². The normalized spacial score (nSPS) is 28.1. The highest BCUT2D eigenvalue weighted by Crippen LogP contribution is 2.51. The molecule has 0 saturated carbocycles. The van der Waals surface area contributed by atoms with Crippen LogP contribution in [0.3, 0.4) is 0 Å². The summed E-state index contributed by atoms with van der Waals surface area (Å²) in [5.41, 5.74) is 1.47. The van der Waals surface area contributed by atoms with Gasteiger partial charge in [-0.1, -0.05) is 40.2 Å². The van der Waals surface area contributed by atoms with Crippen molar-refractivity contribution in [2.75, 3.05) is 12.4 Å². The van der Waals surface area contributed by atoms with E-state index in [4.69, 9.17) is 0 Å². The lowest BCUT2D eigenvalue weighted by Crippen LogP contribution is -2.47. The second kappa shape index (κ2) is 6.25. The molecule has 8 heteroatoms. The number of halogens is 1. The van der Waals surface area contributed by atoms with Gasteiger partial charge in [0.05, 0.1) is 29.1 Å². The van der Waals surface area contributed by atoms with Gasteiger partial charge < -0.3 is 10.2 Å². The second-order valence-electron chi connectivity index (χ2n) is 7.48. The molecule has 2 aromatic carbocycles. The van der Waals surface area contributed by atoms with Gasteiger partial charge in [-0.15, -0.1) is 0 Å². The van der Waals surface area contributed by atoms with Crippen LogP contribution < -0.4 is 5.32 Å². The van der Waals surface area contributed by atoms with Crippen molar-refractivity contribution in [1.82, 2.24) is 9.80 Å². The Morgan fingerprint density at radius 3 is 2.17 bits per heavy atom. The third kappa shape index (κ3) is 2.42. The number of hydrogen-bond donors (Lipinski definition) is 1. The number of likely N-dealkylation sites (tertiary alicyclic amines) is 1. The molecule has 3 aliphatic rings. The Balaban J connectivity index is 1.73. The van der Waals surface area contributed by atoms with Gasteiger partial charge in [0.15, 0.2) is 0 Å². The number of anilines is 1. The zero-order chi connectivity index (χ0) is 20.4. The van der Waals surface area contributed by atoms with Crippen LogP contribution in [0.5, 0.6) is 0 Å². The molecule has 2 fully saturated rings. The number of benzene rings is 2. The van der Waals surface area contributed by atoms with E-state index in [-0.39, 0.29) is 11.8 Å². The maximum atomic E-state index is 13.5. The zero-order valence-electron chi connectivity index (χ0n) is 15.3. The summed E-state index contributed by atoms with van der Waals surface area (Å²) in [4.78, 5) is 55.0. The Morgan fingerprint density at radius 2 is 1.48 bits per heavy atom. The van der Waals surface area contributed by atoms with Crippen LogP contribution in [0.2, 0.25) is 0 Å². The molecule has 0 bridgehead atoms. The van der Waals surface area contributed by atoms with Crippen molar-refractivity contribution >= 4 is 45.2 Å². The highest BCUT2D eigenvalue weighted by molar-refractivity contribution is 9.10. The maximum Gasteiger partial charge on any atom is 0.257 e. The van der Waals surface area contributed by atoms with E-state index in [0.717, 1.165) is 9.37 Å². The summed E-state index contributed by atoms with van der Waals surface area (Å²) >= 11 is 3.39. The molecule has 2 saturated heterocycles. The monoisotopic (exact) mass is 453 g/mol. The number of nitrogens with one attached hydrogen (secondary N) is 1. The van der Waals surface area contributed by atoms with Crippen LogP contribution in [0, 0.1) is 11.8 Å². The van der Waals surface area contributed by atoms with E-state index < -0.39 is 35.7 Å². The Bertz CT molecular complexity index is 1080. The van der Waals surface area contributed by atoms with Crippen LogP contribution in [0.1, 0.15) is 22.0 Å². The fraction of sp³-hybridized carbons (Fsp3) is 0.238. The largest absolute Gasteiger partial charge is 0.324 e. The molecule has 7 nitrogen and oxygen atoms in total. The standard InChI is InChI=1S/C21H16BrN3O4/c1-24-20(28)14-15(21(24)29)17-18(26)23-13-5-3-2-4-12(13)19(27)25(17)16(14)10-6-8-11(22)9-7-10/h2-9,14-17H,1H3,(H,23,26)/t14-,15+,16-,17-/m1/s1. The third-order valence-corrected chi connectivity index (χ3v) is 6.56. The van der Waals surface area contributed by atoms with E-state index >= 15 is 0 Å². The molecule has 4 atom stereocenters. The van der Waals surface area contributed by atoms with E-state index in [0.29, 0.717) is 16.8 Å². The van der Waals surface area contributed by atoms with Gasteiger partial charge in [0, 0.05) is 11.5 Å². The van der Waals surface area contributed by atoms with Crippen LogP contribution in [-0.4, -0.2) is 46.5 Å². The topological polar surface area (TPSA) is 86.8 Å². The summed E-state index contributed by atoms with van der Waals surface area (Å²) in [5, 5.41) is 2.78. The van der Waals surface area contributed by atoms with Gasteiger partial charge in [-0.2, -0.15) is 0 Å². The van der Waals surface area contributed by atoms with Crippen LogP contribution in [0.25, 0.3) is 0 Å². The van der Waals surface area contributed by atoms with Crippen LogP contribution in [-0.2, 0) is 14.4 Å². The number of imide groups is 1. The number of hydrogen-bond acceptors (Lipinski definition) is 4. The van der Waals surface area contributed by atoms with Gasteiger partial charge in [-0.05, 0) is 29.8 Å². The summed E-state index contributed by atoms with van der Waals surface area (Å²) in [6, 6.07) is 12.3. The van der Waals surface area contributed by atoms with Crippen molar-refractivity contribution in [1.29, 1.82) is 0 Å². The van der Waals surface area contributed by atoms with Gasteiger partial charge in [0.25, 0.3) is 5.91 Å². The fourth-order valence-electron chi connectivity index (χ4n) is 4.74. The van der Waals surface area contributed by atoms with Crippen molar-refractivity contribution in [2.24, 2.45) is 11.8 Å². The molecule has 0 aliphatic carbocycles. The summed E-state index contributed by atoms with van der Waals surface area (Å²) in [5.74, 6) is -3.31. The Labute approximate surface area is 174 Å². The molecule has 29 heavy (non-hydrogen) atoms. The van der Waals surface area contributed by atoms with E-state index in [2.05, 4.69) is 21.2 Å². The first-order valence-electron chi connectivity index (χ1n) is 9.19. The molecule has 1 N–H and O–H groups in total. The fourth-order valence-corrected chi connectivity index (χ4v) is 5.00. The minimum Gasteiger partial charge on any atom is -0.324 e. The van der Waals surface area contributed by atoms with Gasteiger partial charge in [-0.25, -0.2) is 0 Å². The molecule has 3 aliphatic heterocycles. The lowest BCUT2D eigenvalue weighted by molar-refractivity contribution is -0.141. The van der Waals surface area contributed by atoms with Crippen molar-refractivity contribution < 1.29 is 19.2 Å². The quantitative estimate of drug-likeness (QED) is 0.670. The number of amides is 4. The Morgan fingerprint density at radius 1 is 0.862 bits per heavy atom. The smallest absolute Gasteiger partial charge is 0.257 e. The molecule has 0 radical (unpaired) electrons. The molecule has 5 rings (SSSR count). The third-order valence-electron chi connectivity index (χ3n) is 6.03. The molecule has 0 aromatic heterocycles. The zero-order valence-corrected chi connectivity index (χ0v) is 16.9. The van der Waals surface area contributed by atoms with Crippen molar-refractivity contribution in [3.8, 4) is 0 Å². The first-order valence-corrected chi connectivity index (χ1v) is 9.99. The molecular weight excluding hydrogens is 438 g/mol. The summed E-state index contributed by atoms with van der Waals surface area (Å²) in [7, 11) is 1.43. The van der Waals surface area contributed by atoms with Gasteiger partial charge in [-0.3, -0.25) is 24.1 Å². The molecule has 3 heterocycles. The number of carbonyl (C=O) groups is 4. The number of fused-ring (bicyclic) bond motifs is 4. The van der Waals surface area contributed by atoms with E-state index in [1.54, 1.807) is 24.3 Å². The average Bonchev–Trinajstić information content (AvgIpc) is 3.14. The first kappa shape index (κ1) is 18.1. The average molecular weight is 454 g/mol. The van der Waals surface area contributed by atoms with Crippen LogP contribution >= 0.6 is 15.9 Å². The van der Waals surface area contributed by atoms with Gasteiger partial charge in [0.1, 0.15) is 6.04 Å².